The van der Waals surface area contributed by atoms with E-state index >= 15 is 0 Å². The Hall–Kier alpha value is -1.39. The van der Waals surface area contributed by atoms with Crippen molar-refractivity contribution in [3.8, 4) is 0 Å². The van der Waals surface area contributed by atoms with Crippen LogP contribution in [0.25, 0.3) is 0 Å². The topological polar surface area (TPSA) is 76.3 Å². The van der Waals surface area contributed by atoms with Gasteiger partial charge in [-0.15, -0.1) is 0 Å². The summed E-state index contributed by atoms with van der Waals surface area (Å²) in [5.74, 6) is 0.320. The fraction of sp³-hybridized carbons (Fsp3) is 0.632. The molecular formula is C19H32N2O2. The molecule has 1 atom stereocenters. The predicted octanol–water partition coefficient (Wildman–Crippen LogP) is 3.32. The van der Waals surface area contributed by atoms with Crippen LogP contribution in [0.3, 0.4) is 0 Å². The van der Waals surface area contributed by atoms with Crippen LogP contribution in [0.4, 0.5) is 0 Å². The van der Waals surface area contributed by atoms with Crippen LogP contribution in [0.2, 0.25) is 0 Å². The molecule has 4 nitrogen and oxygen atoms in total. The Bertz CT molecular complexity index is 529. The second kappa shape index (κ2) is 7.45. The summed E-state index contributed by atoms with van der Waals surface area (Å²) in [7, 11) is 0. The predicted molar refractivity (Wildman–Crippen MR) is 96.6 cm³/mol. The smallest absolute Gasteiger partial charge is 0.0844 e. The first kappa shape index (κ1) is 19.7. The lowest BCUT2D eigenvalue weighted by molar-refractivity contribution is 0.0721. The average Bonchev–Trinajstić information content (AvgIpc) is 2.41. The van der Waals surface area contributed by atoms with Gasteiger partial charge in [-0.1, -0.05) is 13.8 Å². The van der Waals surface area contributed by atoms with Gasteiger partial charge in [-0.25, -0.2) is 0 Å². The van der Waals surface area contributed by atoms with Crippen molar-refractivity contribution >= 4 is 5.71 Å². The normalized spacial score (nSPS) is 19.5. The van der Waals surface area contributed by atoms with E-state index in [0.717, 1.165) is 23.1 Å². The van der Waals surface area contributed by atoms with Gasteiger partial charge in [0.25, 0.3) is 0 Å². The van der Waals surface area contributed by atoms with Crippen molar-refractivity contribution in [1.82, 2.24) is 5.32 Å². The van der Waals surface area contributed by atoms with E-state index in [4.69, 9.17) is 5.41 Å². The molecule has 4 N–H and O–H groups in total. The van der Waals surface area contributed by atoms with Crippen LogP contribution in [0.5, 0.6) is 0 Å². The van der Waals surface area contributed by atoms with Gasteiger partial charge in [0.15, 0.2) is 0 Å². The Morgan fingerprint density at radius 1 is 1.22 bits per heavy atom. The van der Waals surface area contributed by atoms with Gasteiger partial charge in [0.1, 0.15) is 0 Å². The molecule has 23 heavy (non-hydrogen) atoms. The monoisotopic (exact) mass is 320 g/mol. The zero-order chi connectivity index (χ0) is 17.8. The van der Waals surface area contributed by atoms with Crippen LogP contribution in [0.1, 0.15) is 54.4 Å². The minimum absolute atomic E-state index is 0.320. The summed E-state index contributed by atoms with van der Waals surface area (Å²) < 4.78 is 0. The van der Waals surface area contributed by atoms with Gasteiger partial charge < -0.3 is 20.9 Å². The first-order valence-corrected chi connectivity index (χ1v) is 8.37. The molecule has 0 saturated carbocycles. The first-order valence-electron chi connectivity index (χ1n) is 8.37. The molecule has 0 saturated heterocycles. The van der Waals surface area contributed by atoms with E-state index in [-0.39, 0.29) is 0 Å². The molecule has 0 aromatic heterocycles. The molecule has 1 aliphatic rings. The lowest BCUT2D eigenvalue weighted by Crippen LogP contribution is -2.29. The molecule has 130 valence electrons. The van der Waals surface area contributed by atoms with Gasteiger partial charge in [0.05, 0.1) is 16.9 Å². The second-order valence-corrected chi connectivity index (χ2v) is 7.56. The second-order valence-electron chi connectivity index (χ2n) is 7.56. The lowest BCUT2D eigenvalue weighted by Gasteiger charge is -2.30. The molecule has 1 rings (SSSR count). The highest BCUT2D eigenvalue weighted by Gasteiger charge is 2.28. The fourth-order valence-electron chi connectivity index (χ4n) is 2.47. The third-order valence-electron chi connectivity index (χ3n) is 4.16. The van der Waals surface area contributed by atoms with Crippen molar-refractivity contribution in [1.29, 1.82) is 5.41 Å². The zero-order valence-corrected chi connectivity index (χ0v) is 15.3. The molecule has 0 amide bonds. The summed E-state index contributed by atoms with van der Waals surface area (Å²) in [4.78, 5) is 0. The minimum Gasteiger partial charge on any atom is -0.390 e. The van der Waals surface area contributed by atoms with E-state index in [1.165, 1.54) is 0 Å². The molecule has 0 aromatic rings. The maximum atomic E-state index is 10.4. The summed E-state index contributed by atoms with van der Waals surface area (Å²) in [6.07, 6.45) is 7.21. The largest absolute Gasteiger partial charge is 0.390 e. The Morgan fingerprint density at radius 2 is 1.83 bits per heavy atom. The van der Waals surface area contributed by atoms with Crippen LogP contribution in [0, 0.1) is 11.3 Å². The van der Waals surface area contributed by atoms with E-state index in [0.29, 0.717) is 24.6 Å². The van der Waals surface area contributed by atoms with Gasteiger partial charge in [-0.3, -0.25) is 0 Å². The molecule has 0 aliphatic heterocycles. The molecule has 1 unspecified atom stereocenters. The summed E-state index contributed by atoms with van der Waals surface area (Å²) in [5.41, 5.74) is 1.46. The third kappa shape index (κ3) is 5.96. The number of rotatable bonds is 7. The van der Waals surface area contributed by atoms with Crippen molar-refractivity contribution in [2.75, 3.05) is 6.54 Å². The molecular weight excluding hydrogens is 288 g/mol. The summed E-state index contributed by atoms with van der Waals surface area (Å²) in [6, 6.07) is 0. The highest BCUT2D eigenvalue weighted by molar-refractivity contribution is 6.10. The quantitative estimate of drug-likeness (QED) is 0.544. The Morgan fingerprint density at radius 3 is 2.30 bits per heavy atom. The molecule has 0 aromatic carbocycles. The van der Waals surface area contributed by atoms with E-state index in [1.54, 1.807) is 33.8 Å². The molecule has 0 bridgehead atoms. The van der Waals surface area contributed by atoms with Crippen molar-refractivity contribution in [3.63, 3.8) is 0 Å². The highest BCUT2D eigenvalue weighted by atomic mass is 16.3. The van der Waals surface area contributed by atoms with E-state index in [2.05, 4.69) is 19.2 Å². The van der Waals surface area contributed by atoms with Crippen molar-refractivity contribution in [2.24, 2.45) is 5.92 Å². The number of nitrogens with one attached hydrogen (secondary N) is 2. The standard InChI is InChI=1S/C19H32N2O2/c1-7-13(2)15-10-14(12-21-9-8-18(3,4)22)17(20)11-16(15)19(5,6)23/h10-13,20-23H,7-9H2,1-6H3/b14-12-,20-17?. The molecule has 0 spiro atoms. The maximum absolute atomic E-state index is 10.4. The van der Waals surface area contributed by atoms with Gasteiger partial charge in [-0.2, -0.15) is 0 Å². The van der Waals surface area contributed by atoms with Crippen LogP contribution < -0.4 is 5.32 Å². The number of hydrogen-bond donors (Lipinski definition) is 4. The summed E-state index contributed by atoms with van der Waals surface area (Å²) in [5, 5.41) is 31.5. The maximum Gasteiger partial charge on any atom is 0.0844 e. The van der Waals surface area contributed by atoms with Gasteiger partial charge in [0, 0.05) is 18.3 Å². The van der Waals surface area contributed by atoms with E-state index in [9.17, 15) is 10.2 Å². The van der Waals surface area contributed by atoms with Crippen molar-refractivity contribution in [2.45, 2.75) is 65.6 Å². The van der Waals surface area contributed by atoms with E-state index in [1.807, 2.05) is 12.3 Å². The van der Waals surface area contributed by atoms with Crippen LogP contribution in [-0.2, 0) is 0 Å². The molecule has 0 heterocycles. The van der Waals surface area contributed by atoms with Crippen LogP contribution >= 0.6 is 0 Å². The van der Waals surface area contributed by atoms with Crippen molar-refractivity contribution in [3.05, 3.63) is 35.1 Å². The summed E-state index contributed by atoms with van der Waals surface area (Å²) in [6.45, 7) is 12.0. The van der Waals surface area contributed by atoms with Gasteiger partial charge >= 0.3 is 0 Å². The Labute approximate surface area is 140 Å². The SMILES string of the molecule is CCC(C)C1=C/C(=C/NCCC(C)(C)O)C(=N)C=C1C(C)(C)O. The third-order valence-corrected chi connectivity index (χ3v) is 4.16. The Kier molecular flexibility index (Phi) is 6.37. The molecule has 1 aliphatic carbocycles. The fourth-order valence-corrected chi connectivity index (χ4v) is 2.47. The number of aliphatic hydroxyl groups is 2. The zero-order valence-electron chi connectivity index (χ0n) is 15.3. The van der Waals surface area contributed by atoms with Crippen LogP contribution in [-0.4, -0.2) is 33.7 Å². The lowest BCUT2D eigenvalue weighted by atomic mass is 9.78. The minimum atomic E-state index is -0.957. The number of allylic oxidation sites excluding steroid dienone is 3. The molecule has 0 fully saturated rings. The number of hydrogen-bond acceptors (Lipinski definition) is 4. The first-order chi connectivity index (χ1) is 10.5. The van der Waals surface area contributed by atoms with Gasteiger partial charge in [0.2, 0.25) is 0 Å². The van der Waals surface area contributed by atoms with Crippen LogP contribution in [0.15, 0.2) is 35.1 Å². The van der Waals surface area contributed by atoms with Crippen molar-refractivity contribution < 1.29 is 10.2 Å². The molecule has 0 radical (unpaired) electrons. The average molecular weight is 320 g/mol. The molecule has 4 heteroatoms. The Balaban J connectivity index is 2.98. The highest BCUT2D eigenvalue weighted by Crippen LogP contribution is 2.34. The summed E-state index contributed by atoms with van der Waals surface area (Å²) >= 11 is 0. The van der Waals surface area contributed by atoms with E-state index < -0.39 is 11.2 Å². The van der Waals surface area contributed by atoms with Gasteiger partial charge in [-0.05, 0) is 69.8 Å².